The Morgan fingerprint density at radius 2 is 1.90 bits per heavy atom. The molecule has 9 heteroatoms. The first-order valence-corrected chi connectivity index (χ1v) is 10.8. The van der Waals surface area contributed by atoms with E-state index in [1.165, 1.54) is 4.80 Å². The molecule has 0 spiro atoms. The average Bonchev–Trinajstić information content (AvgIpc) is 3.46. The number of nitrogens with one attached hydrogen (secondary N) is 1. The third kappa shape index (κ3) is 3.47. The predicted octanol–water partition coefficient (Wildman–Crippen LogP) is 4.98. The number of rotatable bonds is 3. The monoisotopic (exact) mass is 454 g/mol. The molecule has 0 bridgehead atoms. The fraction of sp³-hybridized carbons (Fsp3) is 0.273. The number of aryl methyl sites for hydroxylation is 1. The second kappa shape index (κ2) is 7.66. The van der Waals surface area contributed by atoms with Crippen molar-refractivity contribution in [2.24, 2.45) is 5.92 Å². The maximum Gasteiger partial charge on any atom is 0.256 e. The Labute approximate surface area is 189 Å². The van der Waals surface area contributed by atoms with E-state index in [0.29, 0.717) is 27.8 Å². The Balaban J connectivity index is 1.57. The molecule has 158 valence electrons. The second-order valence-corrected chi connectivity index (χ2v) is 8.80. The van der Waals surface area contributed by atoms with Crippen molar-refractivity contribution in [2.75, 3.05) is 6.54 Å². The summed E-state index contributed by atoms with van der Waals surface area (Å²) in [4.78, 5) is 25.2. The van der Waals surface area contributed by atoms with Gasteiger partial charge in [-0.25, -0.2) is 4.98 Å². The zero-order chi connectivity index (χ0) is 21.7. The number of hydrogen-bond acceptors (Lipinski definition) is 4. The van der Waals surface area contributed by atoms with E-state index in [-0.39, 0.29) is 17.9 Å². The molecule has 0 unspecified atom stereocenters. The lowest BCUT2D eigenvalue weighted by molar-refractivity contribution is 0.0714. The van der Waals surface area contributed by atoms with Gasteiger partial charge in [0.1, 0.15) is 5.82 Å². The molecule has 1 amide bonds. The highest BCUT2D eigenvalue weighted by molar-refractivity contribution is 6.31. The first-order chi connectivity index (χ1) is 14.9. The van der Waals surface area contributed by atoms with E-state index in [4.69, 9.17) is 28.2 Å². The molecule has 1 saturated heterocycles. The quantitative estimate of drug-likeness (QED) is 0.473. The molecule has 5 rings (SSSR count). The Kier molecular flexibility index (Phi) is 4.95. The van der Waals surface area contributed by atoms with Crippen LogP contribution in [-0.2, 0) is 0 Å². The topological polar surface area (TPSA) is 79.7 Å². The maximum atomic E-state index is 13.7. The van der Waals surface area contributed by atoms with Gasteiger partial charge < -0.3 is 9.88 Å². The molecule has 1 fully saturated rings. The summed E-state index contributed by atoms with van der Waals surface area (Å²) < 4.78 is 0. The Morgan fingerprint density at radius 1 is 1.13 bits per heavy atom. The minimum Gasteiger partial charge on any atom is -0.340 e. The molecule has 1 aliphatic rings. The summed E-state index contributed by atoms with van der Waals surface area (Å²) in [6, 6.07) is 8.74. The number of benzene rings is 2. The van der Waals surface area contributed by atoms with Crippen LogP contribution < -0.4 is 0 Å². The van der Waals surface area contributed by atoms with Gasteiger partial charge in [-0.05, 0) is 55.2 Å². The predicted molar refractivity (Wildman–Crippen MR) is 120 cm³/mol. The molecule has 2 aromatic heterocycles. The summed E-state index contributed by atoms with van der Waals surface area (Å²) >= 11 is 12.5. The van der Waals surface area contributed by atoms with Crippen molar-refractivity contribution in [3.63, 3.8) is 0 Å². The molecule has 1 N–H and O–H groups in total. The maximum absolute atomic E-state index is 13.7. The molecule has 31 heavy (non-hydrogen) atoms. The van der Waals surface area contributed by atoms with E-state index in [1.54, 1.807) is 30.6 Å². The van der Waals surface area contributed by atoms with Gasteiger partial charge in [-0.1, -0.05) is 30.1 Å². The third-order valence-electron chi connectivity index (χ3n) is 5.82. The van der Waals surface area contributed by atoms with Gasteiger partial charge in [-0.3, -0.25) is 4.79 Å². The molecule has 7 nitrogen and oxygen atoms in total. The smallest absolute Gasteiger partial charge is 0.256 e. The van der Waals surface area contributed by atoms with E-state index in [2.05, 4.69) is 22.1 Å². The fourth-order valence-electron chi connectivity index (χ4n) is 4.35. The van der Waals surface area contributed by atoms with Crippen LogP contribution in [0.15, 0.2) is 42.7 Å². The van der Waals surface area contributed by atoms with Crippen LogP contribution in [-0.4, -0.2) is 42.3 Å². The largest absolute Gasteiger partial charge is 0.340 e. The first kappa shape index (κ1) is 20.0. The number of aromatic nitrogens is 5. The highest BCUT2D eigenvalue weighted by Gasteiger charge is 2.39. The summed E-state index contributed by atoms with van der Waals surface area (Å²) in [5, 5.41) is 9.51. The number of likely N-dealkylation sites (tertiary alicyclic amines) is 1. The number of fused-ring (bicyclic) bond motifs is 1. The fourth-order valence-corrected chi connectivity index (χ4v) is 4.79. The Morgan fingerprint density at radius 3 is 2.68 bits per heavy atom. The van der Waals surface area contributed by atoms with Gasteiger partial charge in [0.15, 0.2) is 0 Å². The molecular weight excluding hydrogens is 435 g/mol. The van der Waals surface area contributed by atoms with E-state index >= 15 is 0 Å². The molecule has 2 atom stereocenters. The summed E-state index contributed by atoms with van der Waals surface area (Å²) in [5.74, 6) is 0.879. The Hall–Kier alpha value is -2.90. The highest BCUT2D eigenvalue weighted by atomic mass is 35.5. The van der Waals surface area contributed by atoms with Crippen LogP contribution in [0.4, 0.5) is 0 Å². The number of carbonyl (C=O) groups excluding carboxylic acids is 1. The number of carbonyl (C=O) groups is 1. The highest BCUT2D eigenvalue weighted by Crippen LogP contribution is 2.38. The molecule has 1 aliphatic heterocycles. The number of nitrogens with zero attached hydrogens (tertiary/aromatic N) is 5. The Bertz CT molecular complexity index is 1280. The van der Waals surface area contributed by atoms with Crippen molar-refractivity contribution in [2.45, 2.75) is 26.3 Å². The molecule has 0 radical (unpaired) electrons. The van der Waals surface area contributed by atoms with E-state index < -0.39 is 0 Å². The van der Waals surface area contributed by atoms with Crippen molar-refractivity contribution < 1.29 is 4.79 Å². The third-order valence-corrected chi connectivity index (χ3v) is 6.28. The van der Waals surface area contributed by atoms with Gasteiger partial charge in [0.25, 0.3) is 5.91 Å². The van der Waals surface area contributed by atoms with E-state index in [1.807, 2.05) is 24.0 Å². The minimum absolute atomic E-state index is 0.126. The zero-order valence-corrected chi connectivity index (χ0v) is 18.5. The van der Waals surface area contributed by atoms with Crippen molar-refractivity contribution in [3.05, 3.63) is 69.7 Å². The second-order valence-electron chi connectivity index (χ2n) is 7.93. The lowest BCUT2D eigenvalue weighted by Crippen LogP contribution is -2.33. The van der Waals surface area contributed by atoms with Crippen LogP contribution in [0.1, 0.15) is 41.1 Å². The SMILES string of the molecule is Cc1cc(Cl)cc2[nH]c([C@@H]3[C@@H](C)CCN3C(=O)c3cc(Cl)ccc3-n3nccn3)nc12. The van der Waals surface area contributed by atoms with Crippen LogP contribution in [0.3, 0.4) is 0 Å². The van der Waals surface area contributed by atoms with Gasteiger partial charge >= 0.3 is 0 Å². The van der Waals surface area contributed by atoms with Crippen molar-refractivity contribution >= 4 is 40.1 Å². The first-order valence-electron chi connectivity index (χ1n) is 10.1. The molecular formula is C22H20Cl2N6O. The van der Waals surface area contributed by atoms with Crippen molar-refractivity contribution in [3.8, 4) is 5.69 Å². The average molecular weight is 455 g/mol. The van der Waals surface area contributed by atoms with Crippen LogP contribution in [0.5, 0.6) is 0 Å². The van der Waals surface area contributed by atoms with Crippen LogP contribution in [0.2, 0.25) is 10.0 Å². The summed E-state index contributed by atoms with van der Waals surface area (Å²) in [6.45, 7) is 4.74. The van der Waals surface area contributed by atoms with Gasteiger partial charge in [-0.2, -0.15) is 15.0 Å². The number of H-pyrrole nitrogens is 1. The summed E-state index contributed by atoms with van der Waals surface area (Å²) in [5.41, 5.74) is 3.78. The molecule has 0 saturated carbocycles. The van der Waals surface area contributed by atoms with E-state index in [9.17, 15) is 4.79 Å². The van der Waals surface area contributed by atoms with Gasteiger partial charge in [0.2, 0.25) is 0 Å². The number of halogens is 2. The summed E-state index contributed by atoms with van der Waals surface area (Å²) in [7, 11) is 0. The zero-order valence-electron chi connectivity index (χ0n) is 17.0. The lowest BCUT2D eigenvalue weighted by Gasteiger charge is -2.26. The van der Waals surface area contributed by atoms with Gasteiger partial charge in [-0.15, -0.1) is 0 Å². The van der Waals surface area contributed by atoms with Gasteiger partial charge in [0, 0.05) is 16.6 Å². The standard InChI is InChI=1S/C22H20Cl2N6O/c1-12-5-8-29(20(12)21-27-17-11-15(24)9-13(2)19(17)28-21)22(31)16-10-14(23)3-4-18(16)30-25-6-7-26-30/h3-4,6-7,9-12,20H,5,8H2,1-2H3,(H,27,28)/t12-,20-/m0/s1. The van der Waals surface area contributed by atoms with E-state index in [0.717, 1.165) is 28.8 Å². The normalized spacial score (nSPS) is 18.8. The number of amides is 1. The number of imidazole rings is 1. The lowest BCUT2D eigenvalue weighted by atomic mass is 10.0. The van der Waals surface area contributed by atoms with Crippen LogP contribution in [0.25, 0.3) is 16.7 Å². The summed E-state index contributed by atoms with van der Waals surface area (Å²) in [6.07, 6.45) is 4.03. The number of aromatic amines is 1. The molecule has 0 aliphatic carbocycles. The molecule has 3 heterocycles. The minimum atomic E-state index is -0.185. The number of hydrogen-bond donors (Lipinski definition) is 1. The molecule has 4 aromatic rings. The van der Waals surface area contributed by atoms with Crippen molar-refractivity contribution in [1.29, 1.82) is 0 Å². The molecule has 2 aromatic carbocycles. The van der Waals surface area contributed by atoms with Crippen LogP contribution >= 0.6 is 23.2 Å². The van der Waals surface area contributed by atoms with Gasteiger partial charge in [0.05, 0.1) is 40.7 Å². The van der Waals surface area contributed by atoms with Crippen molar-refractivity contribution in [1.82, 2.24) is 29.9 Å². The van der Waals surface area contributed by atoms with Crippen LogP contribution in [0, 0.1) is 12.8 Å².